The van der Waals surface area contributed by atoms with E-state index < -0.39 is 0 Å². The predicted molar refractivity (Wildman–Crippen MR) is 120 cm³/mol. The number of hydrogen-bond acceptors (Lipinski definition) is 3. The summed E-state index contributed by atoms with van der Waals surface area (Å²) in [6.07, 6.45) is 3.42. The Kier molecular flexibility index (Phi) is 6.26. The zero-order valence-electron chi connectivity index (χ0n) is 16.9. The van der Waals surface area contributed by atoms with E-state index in [9.17, 15) is 9.90 Å². The second-order valence-corrected chi connectivity index (χ2v) is 7.51. The van der Waals surface area contributed by atoms with Crippen molar-refractivity contribution < 1.29 is 9.90 Å². The summed E-state index contributed by atoms with van der Waals surface area (Å²) in [5.41, 5.74) is 3.44. The Bertz CT molecular complexity index is 937. The molecule has 3 aromatic carbocycles. The van der Waals surface area contributed by atoms with Gasteiger partial charge in [-0.25, -0.2) is 0 Å². The van der Waals surface area contributed by atoms with E-state index in [0.717, 1.165) is 18.7 Å². The number of rotatable bonds is 5. The molecule has 1 heterocycles. The number of phenolic OH excluding ortho intramolecular Hbond substituents is 1. The van der Waals surface area contributed by atoms with E-state index in [1.54, 1.807) is 36.4 Å². The van der Waals surface area contributed by atoms with Crippen molar-refractivity contribution in [2.45, 2.75) is 6.04 Å². The van der Waals surface area contributed by atoms with Gasteiger partial charge in [-0.05, 0) is 34.9 Å². The quantitative estimate of drug-likeness (QED) is 0.650. The number of piperazine rings is 1. The molecule has 0 atom stereocenters. The lowest BCUT2D eigenvalue weighted by Crippen LogP contribution is -2.49. The molecule has 0 aromatic heterocycles. The molecule has 1 fully saturated rings. The van der Waals surface area contributed by atoms with Crippen molar-refractivity contribution in [2.24, 2.45) is 0 Å². The van der Waals surface area contributed by atoms with Crippen molar-refractivity contribution in [3.63, 3.8) is 0 Å². The highest BCUT2D eigenvalue weighted by Crippen LogP contribution is 2.29. The Labute approximate surface area is 177 Å². The van der Waals surface area contributed by atoms with Gasteiger partial charge in [-0.15, -0.1) is 0 Å². The fourth-order valence-electron chi connectivity index (χ4n) is 3.94. The Morgan fingerprint density at radius 2 is 1.30 bits per heavy atom. The summed E-state index contributed by atoms with van der Waals surface area (Å²) in [6.45, 7) is 3.06. The van der Waals surface area contributed by atoms with Crippen LogP contribution >= 0.6 is 0 Å². The molecular formula is C26H26N2O2. The summed E-state index contributed by atoms with van der Waals surface area (Å²) in [4.78, 5) is 17.0. The first-order chi connectivity index (χ1) is 14.7. The average molecular weight is 399 g/mol. The monoisotopic (exact) mass is 398 g/mol. The fourth-order valence-corrected chi connectivity index (χ4v) is 3.94. The number of benzene rings is 3. The number of amides is 1. The van der Waals surface area contributed by atoms with Gasteiger partial charge in [-0.2, -0.15) is 0 Å². The van der Waals surface area contributed by atoms with Crippen LogP contribution in [0.25, 0.3) is 6.08 Å². The molecule has 0 aliphatic carbocycles. The van der Waals surface area contributed by atoms with Crippen molar-refractivity contribution in [2.75, 3.05) is 26.2 Å². The second-order valence-electron chi connectivity index (χ2n) is 7.51. The minimum absolute atomic E-state index is 0.0266. The molecule has 0 unspecified atom stereocenters. The molecule has 152 valence electrons. The minimum Gasteiger partial charge on any atom is -0.508 e. The molecule has 30 heavy (non-hydrogen) atoms. The van der Waals surface area contributed by atoms with Gasteiger partial charge < -0.3 is 10.0 Å². The molecule has 0 radical (unpaired) electrons. The summed E-state index contributed by atoms with van der Waals surface area (Å²) >= 11 is 0. The fraction of sp³-hybridized carbons (Fsp3) is 0.192. The van der Waals surface area contributed by atoms with Gasteiger partial charge in [0.05, 0.1) is 6.04 Å². The Hall–Kier alpha value is -3.37. The molecule has 3 aromatic rings. The SMILES string of the molecule is O=C(C=Cc1ccc(O)cc1)N1CCN(C(c2ccccc2)c2ccccc2)CC1. The van der Waals surface area contributed by atoms with Crippen molar-refractivity contribution in [1.82, 2.24) is 9.80 Å². The largest absolute Gasteiger partial charge is 0.508 e. The van der Waals surface area contributed by atoms with Crippen LogP contribution in [0.1, 0.15) is 22.7 Å². The maximum Gasteiger partial charge on any atom is 0.246 e. The van der Waals surface area contributed by atoms with Crippen LogP contribution in [-0.4, -0.2) is 47.0 Å². The van der Waals surface area contributed by atoms with Crippen LogP contribution in [0.3, 0.4) is 0 Å². The maximum absolute atomic E-state index is 12.6. The normalized spacial score (nSPS) is 15.0. The number of carbonyl (C=O) groups excluding carboxylic acids is 1. The van der Waals surface area contributed by atoms with E-state index in [4.69, 9.17) is 0 Å². The number of nitrogens with zero attached hydrogens (tertiary/aromatic N) is 2. The summed E-state index contributed by atoms with van der Waals surface area (Å²) in [5.74, 6) is 0.250. The number of aromatic hydroxyl groups is 1. The number of carbonyl (C=O) groups is 1. The molecule has 0 saturated carbocycles. The van der Waals surface area contributed by atoms with Crippen molar-refractivity contribution in [3.05, 3.63) is 108 Å². The van der Waals surface area contributed by atoms with E-state index >= 15 is 0 Å². The molecule has 1 aliphatic rings. The first-order valence-corrected chi connectivity index (χ1v) is 10.3. The molecule has 1 amide bonds. The first kappa shape index (κ1) is 19.9. The van der Waals surface area contributed by atoms with Crippen LogP contribution in [0.15, 0.2) is 91.0 Å². The van der Waals surface area contributed by atoms with Gasteiger partial charge in [-0.3, -0.25) is 9.69 Å². The average Bonchev–Trinajstić information content (AvgIpc) is 2.81. The molecular weight excluding hydrogens is 372 g/mol. The summed E-state index contributed by atoms with van der Waals surface area (Å²) in [6, 6.07) is 28.1. The zero-order chi connectivity index (χ0) is 20.8. The molecule has 4 nitrogen and oxygen atoms in total. The van der Waals surface area contributed by atoms with E-state index in [0.29, 0.717) is 13.1 Å². The van der Waals surface area contributed by atoms with E-state index in [1.807, 2.05) is 17.0 Å². The van der Waals surface area contributed by atoms with Crippen LogP contribution in [0.2, 0.25) is 0 Å². The second kappa shape index (κ2) is 9.42. The molecule has 4 rings (SSSR count). The third-order valence-electron chi connectivity index (χ3n) is 5.53. The van der Waals surface area contributed by atoms with Gasteiger partial charge in [0.15, 0.2) is 0 Å². The maximum atomic E-state index is 12.6. The van der Waals surface area contributed by atoms with Gasteiger partial charge >= 0.3 is 0 Å². The zero-order valence-corrected chi connectivity index (χ0v) is 16.9. The summed E-state index contributed by atoms with van der Waals surface area (Å²) in [7, 11) is 0. The van der Waals surface area contributed by atoms with Crippen LogP contribution in [-0.2, 0) is 4.79 Å². The van der Waals surface area contributed by atoms with Gasteiger partial charge in [0.25, 0.3) is 0 Å². The lowest BCUT2D eigenvalue weighted by molar-refractivity contribution is -0.127. The molecule has 1 saturated heterocycles. The van der Waals surface area contributed by atoms with Crippen molar-refractivity contribution >= 4 is 12.0 Å². The van der Waals surface area contributed by atoms with Crippen LogP contribution in [0, 0.1) is 0 Å². The highest BCUT2D eigenvalue weighted by Gasteiger charge is 2.27. The highest BCUT2D eigenvalue weighted by molar-refractivity contribution is 5.91. The standard InChI is InChI=1S/C26H26N2O2/c29-24-14-11-21(12-15-24)13-16-25(30)27-17-19-28(20-18-27)26(22-7-3-1-4-8-22)23-9-5-2-6-10-23/h1-16,26,29H,17-20H2. The third-order valence-corrected chi connectivity index (χ3v) is 5.53. The van der Waals surface area contributed by atoms with Crippen molar-refractivity contribution in [1.29, 1.82) is 0 Å². The summed E-state index contributed by atoms with van der Waals surface area (Å²) in [5, 5.41) is 9.37. The van der Waals surface area contributed by atoms with Crippen LogP contribution < -0.4 is 0 Å². The highest BCUT2D eigenvalue weighted by atomic mass is 16.3. The Balaban J connectivity index is 1.43. The lowest BCUT2D eigenvalue weighted by Gasteiger charge is -2.39. The molecule has 0 bridgehead atoms. The Morgan fingerprint density at radius 3 is 1.83 bits per heavy atom. The molecule has 1 aliphatic heterocycles. The van der Waals surface area contributed by atoms with E-state index in [2.05, 4.69) is 53.4 Å². The molecule has 0 spiro atoms. The molecule has 4 heteroatoms. The number of phenols is 1. The minimum atomic E-state index is 0.0266. The van der Waals surface area contributed by atoms with Gasteiger partial charge in [0, 0.05) is 32.3 Å². The third kappa shape index (κ3) is 4.78. The van der Waals surface area contributed by atoms with Crippen LogP contribution in [0.4, 0.5) is 0 Å². The van der Waals surface area contributed by atoms with Crippen LogP contribution in [0.5, 0.6) is 5.75 Å². The van der Waals surface area contributed by atoms with Gasteiger partial charge in [0.1, 0.15) is 5.75 Å². The van der Waals surface area contributed by atoms with Gasteiger partial charge in [-0.1, -0.05) is 72.8 Å². The molecule has 1 N–H and O–H groups in total. The summed E-state index contributed by atoms with van der Waals surface area (Å²) < 4.78 is 0. The smallest absolute Gasteiger partial charge is 0.246 e. The lowest BCUT2D eigenvalue weighted by atomic mass is 9.96. The topological polar surface area (TPSA) is 43.8 Å². The van der Waals surface area contributed by atoms with E-state index in [1.165, 1.54) is 11.1 Å². The van der Waals surface area contributed by atoms with Crippen molar-refractivity contribution in [3.8, 4) is 5.75 Å². The Morgan fingerprint density at radius 1 is 0.767 bits per heavy atom. The van der Waals surface area contributed by atoms with Gasteiger partial charge in [0.2, 0.25) is 5.91 Å². The number of hydrogen-bond donors (Lipinski definition) is 1. The van der Waals surface area contributed by atoms with E-state index in [-0.39, 0.29) is 17.7 Å². The first-order valence-electron chi connectivity index (χ1n) is 10.3. The predicted octanol–water partition coefficient (Wildman–Crippen LogP) is 4.34.